The van der Waals surface area contributed by atoms with Gasteiger partial charge in [-0.3, -0.25) is 14.4 Å². The molecule has 0 unspecified atom stereocenters. The van der Waals surface area contributed by atoms with Gasteiger partial charge in [-0.1, -0.05) is 17.7 Å². The number of fused-ring (bicyclic) bond motifs is 1. The molecule has 6 rings (SSSR count). The first-order valence-corrected chi connectivity index (χ1v) is 11.6. The average molecular weight is 462 g/mol. The molecular formula is C24H24ClN7O. The molecule has 9 heteroatoms. The van der Waals surface area contributed by atoms with Crippen molar-refractivity contribution in [3.05, 3.63) is 65.8 Å². The molecule has 2 aliphatic heterocycles. The second kappa shape index (κ2) is 8.28. The molecule has 2 saturated heterocycles. The zero-order chi connectivity index (χ0) is 22.4. The zero-order valence-electron chi connectivity index (χ0n) is 18.1. The Morgan fingerprint density at radius 2 is 1.94 bits per heavy atom. The fourth-order valence-electron chi connectivity index (χ4n) is 4.95. The summed E-state index contributed by atoms with van der Waals surface area (Å²) in [5.74, 6) is 0.0720. The van der Waals surface area contributed by atoms with Gasteiger partial charge in [0.05, 0.1) is 17.9 Å². The molecule has 1 amide bonds. The Balaban J connectivity index is 1.05. The summed E-state index contributed by atoms with van der Waals surface area (Å²) in [7, 11) is 0. The summed E-state index contributed by atoms with van der Waals surface area (Å²) in [6.07, 6.45) is 9.43. The van der Waals surface area contributed by atoms with Crippen molar-refractivity contribution in [2.24, 2.45) is 0 Å². The second-order valence-electron chi connectivity index (χ2n) is 8.81. The van der Waals surface area contributed by atoms with Crippen LogP contribution >= 0.6 is 11.6 Å². The Morgan fingerprint density at radius 1 is 1.09 bits per heavy atom. The van der Waals surface area contributed by atoms with Gasteiger partial charge in [-0.2, -0.15) is 5.10 Å². The maximum Gasteiger partial charge on any atom is 0.253 e. The van der Waals surface area contributed by atoms with E-state index in [1.54, 1.807) is 18.5 Å². The van der Waals surface area contributed by atoms with Gasteiger partial charge in [0.25, 0.3) is 5.91 Å². The first kappa shape index (κ1) is 20.4. The lowest BCUT2D eigenvalue weighted by Crippen LogP contribution is -2.56. The van der Waals surface area contributed by atoms with E-state index in [4.69, 9.17) is 11.6 Å². The molecule has 0 radical (unpaired) electrons. The number of nitrogens with one attached hydrogen (secondary N) is 1. The summed E-state index contributed by atoms with van der Waals surface area (Å²) in [5.41, 5.74) is 3.41. The van der Waals surface area contributed by atoms with Crippen LogP contribution in [0.1, 0.15) is 29.2 Å². The van der Waals surface area contributed by atoms with Crippen LogP contribution in [0.3, 0.4) is 0 Å². The van der Waals surface area contributed by atoms with Crippen LogP contribution in [0.4, 0.5) is 0 Å². The molecule has 5 heterocycles. The number of carbonyl (C=O) groups excluding carboxylic acids is 1. The van der Waals surface area contributed by atoms with Crippen molar-refractivity contribution in [3.63, 3.8) is 0 Å². The van der Waals surface area contributed by atoms with Gasteiger partial charge >= 0.3 is 0 Å². The maximum absolute atomic E-state index is 12.8. The monoisotopic (exact) mass is 461 g/mol. The van der Waals surface area contributed by atoms with E-state index in [1.807, 2.05) is 35.5 Å². The van der Waals surface area contributed by atoms with Crippen LogP contribution in [0.15, 0.2) is 55.2 Å². The van der Waals surface area contributed by atoms with Crippen LogP contribution < -0.4 is 0 Å². The number of H-pyrrole nitrogens is 1. The van der Waals surface area contributed by atoms with Gasteiger partial charge in [0.1, 0.15) is 12.0 Å². The standard InChI is InChI=1S/C24H24ClN7O/c25-18-3-1-2-16(10-18)24(33)30-8-5-19(6-9-30)31-13-20(14-31)32-12-17(11-29-32)22-21-4-7-26-23(21)28-15-27-22/h1-4,7,10-12,15,19-20H,5-6,8-9,13-14H2,(H,26,27,28). The maximum atomic E-state index is 12.8. The van der Waals surface area contributed by atoms with Gasteiger partial charge in [-0.15, -0.1) is 0 Å². The summed E-state index contributed by atoms with van der Waals surface area (Å²) in [4.78, 5) is 29.1. The van der Waals surface area contributed by atoms with Crippen molar-refractivity contribution in [3.8, 4) is 11.3 Å². The van der Waals surface area contributed by atoms with Crippen LogP contribution in [-0.4, -0.2) is 72.7 Å². The largest absolute Gasteiger partial charge is 0.346 e. The minimum absolute atomic E-state index is 0.0720. The van der Waals surface area contributed by atoms with Crippen LogP contribution in [0.5, 0.6) is 0 Å². The minimum Gasteiger partial charge on any atom is -0.346 e. The molecular weight excluding hydrogens is 438 g/mol. The number of likely N-dealkylation sites (tertiary alicyclic amines) is 2. The highest BCUT2D eigenvalue weighted by Gasteiger charge is 2.36. The molecule has 0 aliphatic carbocycles. The lowest BCUT2D eigenvalue weighted by Gasteiger charge is -2.47. The summed E-state index contributed by atoms with van der Waals surface area (Å²) >= 11 is 6.05. The van der Waals surface area contributed by atoms with E-state index in [9.17, 15) is 4.79 Å². The van der Waals surface area contributed by atoms with E-state index < -0.39 is 0 Å². The predicted molar refractivity (Wildman–Crippen MR) is 126 cm³/mol. The molecule has 8 nitrogen and oxygen atoms in total. The SMILES string of the molecule is O=C(c1cccc(Cl)c1)N1CCC(N2CC(n3cc(-c4ncnc5[nH]ccc45)cn3)C2)CC1. The lowest BCUT2D eigenvalue weighted by atomic mass is 9.97. The fraction of sp³-hybridized carbons (Fsp3) is 0.333. The molecule has 1 N–H and O–H groups in total. The average Bonchev–Trinajstić information content (AvgIpc) is 3.48. The fourth-order valence-corrected chi connectivity index (χ4v) is 5.14. The van der Waals surface area contributed by atoms with Gasteiger partial charge < -0.3 is 9.88 Å². The highest BCUT2D eigenvalue weighted by molar-refractivity contribution is 6.30. The highest BCUT2D eigenvalue weighted by atomic mass is 35.5. The molecule has 33 heavy (non-hydrogen) atoms. The van der Waals surface area contributed by atoms with E-state index in [1.165, 1.54) is 0 Å². The van der Waals surface area contributed by atoms with Gasteiger partial charge in [-0.25, -0.2) is 9.97 Å². The van der Waals surface area contributed by atoms with Gasteiger partial charge in [0, 0.05) is 66.2 Å². The molecule has 3 aromatic heterocycles. The van der Waals surface area contributed by atoms with Crippen molar-refractivity contribution in [2.75, 3.05) is 26.2 Å². The molecule has 0 spiro atoms. The number of aromatic amines is 1. The normalized spacial score (nSPS) is 18.0. The molecule has 0 atom stereocenters. The van der Waals surface area contributed by atoms with Crippen molar-refractivity contribution in [2.45, 2.75) is 24.9 Å². The van der Waals surface area contributed by atoms with Gasteiger partial charge in [0.15, 0.2) is 0 Å². The number of amides is 1. The molecule has 0 saturated carbocycles. The lowest BCUT2D eigenvalue weighted by molar-refractivity contribution is 0.0198. The van der Waals surface area contributed by atoms with Crippen molar-refractivity contribution in [1.82, 2.24) is 34.5 Å². The first-order chi connectivity index (χ1) is 16.2. The number of hydrogen-bond donors (Lipinski definition) is 1. The third-order valence-electron chi connectivity index (χ3n) is 6.83. The van der Waals surface area contributed by atoms with Crippen molar-refractivity contribution >= 4 is 28.5 Å². The van der Waals surface area contributed by atoms with E-state index in [0.717, 1.165) is 61.3 Å². The number of nitrogens with zero attached hydrogens (tertiary/aromatic N) is 6. The third-order valence-corrected chi connectivity index (χ3v) is 7.07. The van der Waals surface area contributed by atoms with Gasteiger partial charge in [-0.05, 0) is 37.1 Å². The van der Waals surface area contributed by atoms with Crippen molar-refractivity contribution in [1.29, 1.82) is 0 Å². The van der Waals surface area contributed by atoms with E-state index in [0.29, 0.717) is 22.7 Å². The Bertz CT molecular complexity index is 1300. The van der Waals surface area contributed by atoms with Crippen LogP contribution in [0.25, 0.3) is 22.3 Å². The second-order valence-corrected chi connectivity index (χ2v) is 9.25. The quantitative estimate of drug-likeness (QED) is 0.501. The van der Waals surface area contributed by atoms with E-state index >= 15 is 0 Å². The molecule has 2 fully saturated rings. The van der Waals surface area contributed by atoms with Gasteiger partial charge in [0.2, 0.25) is 0 Å². The number of rotatable bonds is 4. The Morgan fingerprint density at radius 3 is 2.76 bits per heavy atom. The number of aromatic nitrogens is 5. The van der Waals surface area contributed by atoms with Crippen molar-refractivity contribution < 1.29 is 4.79 Å². The molecule has 168 valence electrons. The Kier molecular flexibility index (Phi) is 5.11. The first-order valence-electron chi connectivity index (χ1n) is 11.3. The van der Waals surface area contributed by atoms with E-state index in [2.05, 4.69) is 35.8 Å². The highest BCUT2D eigenvalue weighted by Crippen LogP contribution is 2.30. The number of benzene rings is 1. The summed E-state index contributed by atoms with van der Waals surface area (Å²) < 4.78 is 2.06. The topological polar surface area (TPSA) is 82.9 Å². The minimum atomic E-state index is 0.0720. The van der Waals surface area contributed by atoms with Crippen LogP contribution in [-0.2, 0) is 0 Å². The number of halogens is 1. The molecule has 1 aromatic carbocycles. The predicted octanol–water partition coefficient (Wildman–Crippen LogP) is 3.64. The molecule has 0 bridgehead atoms. The molecule has 4 aromatic rings. The number of piperidine rings is 1. The smallest absolute Gasteiger partial charge is 0.253 e. The Hall–Kier alpha value is -3.23. The molecule has 2 aliphatic rings. The zero-order valence-corrected chi connectivity index (χ0v) is 18.8. The summed E-state index contributed by atoms with van der Waals surface area (Å²) in [6, 6.07) is 10.1. The number of hydrogen-bond acceptors (Lipinski definition) is 5. The summed E-state index contributed by atoms with van der Waals surface area (Å²) in [6.45, 7) is 3.53. The number of carbonyl (C=O) groups is 1. The third kappa shape index (κ3) is 3.79. The van der Waals surface area contributed by atoms with E-state index in [-0.39, 0.29) is 5.91 Å². The van der Waals surface area contributed by atoms with Crippen LogP contribution in [0.2, 0.25) is 5.02 Å². The Labute approximate surface area is 196 Å². The van der Waals surface area contributed by atoms with Crippen LogP contribution in [0, 0.1) is 0 Å². The summed E-state index contributed by atoms with van der Waals surface area (Å²) in [5, 5.41) is 6.22.